The van der Waals surface area contributed by atoms with E-state index in [1.54, 1.807) is 4.90 Å². The smallest absolute Gasteiger partial charge is 0.210 e. The number of nitrogens with zero attached hydrogens (tertiary/aromatic N) is 2. The minimum absolute atomic E-state index is 0.0725. The Morgan fingerprint density at radius 2 is 1.65 bits per heavy atom. The van der Waals surface area contributed by atoms with Gasteiger partial charge in [0, 0.05) is 25.2 Å². The number of hydrogen-bond donors (Lipinski definition) is 0. The summed E-state index contributed by atoms with van der Waals surface area (Å²) < 4.78 is 0. The van der Waals surface area contributed by atoms with Crippen LogP contribution in [-0.2, 0) is 9.59 Å². The van der Waals surface area contributed by atoms with Crippen molar-refractivity contribution in [2.75, 3.05) is 13.1 Å². The van der Waals surface area contributed by atoms with Crippen LogP contribution in [-0.4, -0.2) is 53.2 Å². The van der Waals surface area contributed by atoms with Gasteiger partial charge in [-0.15, -0.1) is 0 Å². The average Bonchev–Trinajstić information content (AvgIpc) is 2.29. The number of piperidine rings is 1. The first-order valence-corrected chi connectivity index (χ1v) is 6.41. The van der Waals surface area contributed by atoms with Crippen molar-refractivity contribution in [3.8, 4) is 0 Å². The molecule has 1 heterocycles. The maximum atomic E-state index is 11.4. The third kappa shape index (κ3) is 2.86. The number of amides is 1. The molecule has 1 amide bonds. The molecule has 0 saturated carbocycles. The lowest BCUT2D eigenvalue weighted by Gasteiger charge is -2.46. The monoisotopic (exact) mass is 240 g/mol. The Hall–Kier alpha value is -0.900. The van der Waals surface area contributed by atoms with Gasteiger partial charge in [0.15, 0.2) is 0 Å². The van der Waals surface area contributed by atoms with E-state index in [1.165, 1.54) is 0 Å². The fraction of sp³-hybridized carbons (Fsp3) is 0.846. The summed E-state index contributed by atoms with van der Waals surface area (Å²) in [5.41, 5.74) is -0.582. The first-order chi connectivity index (χ1) is 7.96. The third-order valence-corrected chi connectivity index (χ3v) is 3.80. The van der Waals surface area contributed by atoms with E-state index in [0.29, 0.717) is 6.04 Å². The highest BCUT2D eigenvalue weighted by Crippen LogP contribution is 2.28. The van der Waals surface area contributed by atoms with E-state index < -0.39 is 5.54 Å². The van der Waals surface area contributed by atoms with Crippen LogP contribution < -0.4 is 0 Å². The zero-order valence-corrected chi connectivity index (χ0v) is 11.3. The molecule has 0 aliphatic carbocycles. The summed E-state index contributed by atoms with van der Waals surface area (Å²) in [5.74, 6) is 0. The first-order valence-electron chi connectivity index (χ1n) is 6.41. The normalized spacial score (nSPS) is 20.6. The van der Waals surface area contributed by atoms with Crippen LogP contribution in [0.5, 0.6) is 0 Å². The van der Waals surface area contributed by atoms with Gasteiger partial charge in [0.25, 0.3) is 0 Å². The van der Waals surface area contributed by atoms with Crippen molar-refractivity contribution in [2.24, 2.45) is 0 Å². The SMILES string of the molecule is CC(C)N1CCC(C=O)(N(C=O)C(C)C)CC1. The van der Waals surface area contributed by atoms with Crippen LogP contribution in [0.15, 0.2) is 0 Å². The van der Waals surface area contributed by atoms with E-state index >= 15 is 0 Å². The Labute approximate surface area is 104 Å². The van der Waals surface area contributed by atoms with Gasteiger partial charge in [-0.25, -0.2) is 0 Å². The standard InChI is InChI=1S/C13H24N2O2/c1-11(2)14-7-5-13(9-16,6-8-14)15(10-17)12(3)4/h9-12H,5-8H2,1-4H3. The van der Waals surface area contributed by atoms with Gasteiger partial charge in [-0.1, -0.05) is 0 Å². The van der Waals surface area contributed by atoms with Gasteiger partial charge in [-0.2, -0.15) is 0 Å². The molecule has 1 aliphatic heterocycles. The van der Waals surface area contributed by atoms with Crippen molar-refractivity contribution in [1.29, 1.82) is 0 Å². The number of carbonyl (C=O) groups excluding carboxylic acids is 2. The van der Waals surface area contributed by atoms with Gasteiger partial charge < -0.3 is 14.6 Å². The number of carbonyl (C=O) groups is 2. The lowest BCUT2D eigenvalue weighted by molar-refractivity contribution is -0.137. The van der Waals surface area contributed by atoms with Crippen molar-refractivity contribution in [1.82, 2.24) is 9.80 Å². The van der Waals surface area contributed by atoms with Crippen molar-refractivity contribution in [2.45, 2.75) is 58.2 Å². The lowest BCUT2D eigenvalue weighted by atomic mass is 9.86. The molecule has 4 heteroatoms. The largest absolute Gasteiger partial charge is 0.330 e. The lowest BCUT2D eigenvalue weighted by Crippen LogP contribution is -2.59. The Morgan fingerprint density at radius 3 is 1.94 bits per heavy atom. The van der Waals surface area contributed by atoms with Crippen LogP contribution >= 0.6 is 0 Å². The van der Waals surface area contributed by atoms with Crippen LogP contribution in [0.2, 0.25) is 0 Å². The molecule has 1 saturated heterocycles. The van der Waals surface area contributed by atoms with Gasteiger partial charge in [0.1, 0.15) is 11.8 Å². The van der Waals surface area contributed by atoms with Crippen molar-refractivity contribution < 1.29 is 9.59 Å². The number of hydrogen-bond acceptors (Lipinski definition) is 3. The van der Waals surface area contributed by atoms with Gasteiger partial charge in [-0.05, 0) is 40.5 Å². The van der Waals surface area contributed by atoms with Crippen LogP contribution in [0.25, 0.3) is 0 Å². The quantitative estimate of drug-likeness (QED) is 0.680. The van der Waals surface area contributed by atoms with Crippen LogP contribution in [0.4, 0.5) is 0 Å². The average molecular weight is 240 g/mol. The topological polar surface area (TPSA) is 40.6 Å². The molecule has 0 bridgehead atoms. The Bertz CT molecular complexity index is 269. The van der Waals surface area contributed by atoms with E-state index in [9.17, 15) is 9.59 Å². The molecule has 4 nitrogen and oxygen atoms in total. The molecule has 98 valence electrons. The summed E-state index contributed by atoms with van der Waals surface area (Å²) in [4.78, 5) is 26.7. The molecule has 0 unspecified atom stereocenters. The number of aldehydes is 1. The highest BCUT2D eigenvalue weighted by atomic mass is 16.1. The van der Waals surface area contributed by atoms with Gasteiger partial charge in [0.2, 0.25) is 6.41 Å². The molecule has 0 aromatic carbocycles. The molecule has 0 aromatic rings. The molecular weight excluding hydrogens is 216 g/mol. The summed E-state index contributed by atoms with van der Waals surface area (Å²) in [6, 6.07) is 0.576. The second-order valence-corrected chi connectivity index (χ2v) is 5.46. The molecule has 0 radical (unpaired) electrons. The fourth-order valence-corrected chi connectivity index (χ4v) is 2.61. The van der Waals surface area contributed by atoms with Gasteiger partial charge >= 0.3 is 0 Å². The Balaban J connectivity index is 2.79. The predicted molar refractivity (Wildman–Crippen MR) is 67.8 cm³/mol. The molecular formula is C13H24N2O2. The van der Waals surface area contributed by atoms with E-state index in [-0.39, 0.29) is 6.04 Å². The summed E-state index contributed by atoms with van der Waals surface area (Å²) >= 11 is 0. The van der Waals surface area contributed by atoms with Gasteiger partial charge in [-0.3, -0.25) is 4.79 Å². The maximum Gasteiger partial charge on any atom is 0.210 e. The summed E-state index contributed by atoms with van der Waals surface area (Å²) in [6.45, 7) is 9.99. The zero-order chi connectivity index (χ0) is 13.1. The number of rotatable bonds is 5. The fourth-order valence-electron chi connectivity index (χ4n) is 2.61. The molecule has 1 aliphatic rings. The van der Waals surface area contributed by atoms with E-state index in [4.69, 9.17) is 0 Å². The summed E-state index contributed by atoms with van der Waals surface area (Å²) in [5, 5.41) is 0. The van der Waals surface area contributed by atoms with Crippen LogP contribution in [0.1, 0.15) is 40.5 Å². The second-order valence-electron chi connectivity index (χ2n) is 5.46. The second kappa shape index (κ2) is 5.63. The predicted octanol–water partition coefficient (Wildman–Crippen LogP) is 1.30. The summed E-state index contributed by atoms with van der Waals surface area (Å²) in [6.07, 6.45) is 3.28. The first kappa shape index (κ1) is 14.2. The molecule has 0 atom stereocenters. The van der Waals surface area contributed by atoms with E-state index in [1.807, 2.05) is 13.8 Å². The maximum absolute atomic E-state index is 11.4. The van der Waals surface area contributed by atoms with E-state index in [0.717, 1.165) is 38.6 Å². The Morgan fingerprint density at radius 1 is 1.12 bits per heavy atom. The molecule has 1 fully saturated rings. The highest BCUT2D eigenvalue weighted by molar-refractivity contribution is 5.70. The van der Waals surface area contributed by atoms with E-state index in [2.05, 4.69) is 18.7 Å². The highest BCUT2D eigenvalue weighted by Gasteiger charge is 2.40. The molecule has 1 rings (SSSR count). The molecule has 17 heavy (non-hydrogen) atoms. The third-order valence-electron chi connectivity index (χ3n) is 3.80. The van der Waals surface area contributed by atoms with Crippen LogP contribution in [0, 0.1) is 0 Å². The molecule has 0 aromatic heterocycles. The zero-order valence-electron chi connectivity index (χ0n) is 11.3. The molecule has 0 N–H and O–H groups in total. The molecule has 0 spiro atoms. The summed E-state index contributed by atoms with van der Waals surface area (Å²) in [7, 11) is 0. The minimum atomic E-state index is -0.582. The van der Waals surface area contributed by atoms with Crippen molar-refractivity contribution in [3.05, 3.63) is 0 Å². The number of likely N-dealkylation sites (tertiary alicyclic amines) is 1. The van der Waals surface area contributed by atoms with Crippen molar-refractivity contribution in [3.63, 3.8) is 0 Å². The Kier molecular flexibility index (Phi) is 4.69. The van der Waals surface area contributed by atoms with Crippen molar-refractivity contribution >= 4 is 12.7 Å². The minimum Gasteiger partial charge on any atom is -0.330 e. The van der Waals surface area contributed by atoms with Crippen LogP contribution in [0.3, 0.4) is 0 Å². The van der Waals surface area contributed by atoms with Gasteiger partial charge in [0.05, 0.1) is 0 Å².